The molecule has 0 atom stereocenters. The molecule has 1 aromatic carbocycles. The lowest BCUT2D eigenvalue weighted by molar-refractivity contribution is 0.381. The van der Waals surface area contributed by atoms with E-state index in [0.29, 0.717) is 6.54 Å². The maximum atomic E-state index is 8.74. The number of nitrogens with zero attached hydrogens (tertiary/aromatic N) is 2. The maximum Gasteiger partial charge on any atom is 0.394 e. The van der Waals surface area contributed by atoms with Crippen LogP contribution in [-0.4, -0.2) is 34.6 Å². The molecule has 0 saturated carbocycles. The van der Waals surface area contributed by atoms with Gasteiger partial charge in [-0.15, -0.1) is 0 Å². The highest BCUT2D eigenvalue weighted by molar-refractivity contribution is 7.79. The molecule has 0 aliphatic rings. The second-order valence-electron chi connectivity index (χ2n) is 3.82. The summed E-state index contributed by atoms with van der Waals surface area (Å²) < 4.78 is 33.7. The van der Waals surface area contributed by atoms with E-state index in [1.807, 2.05) is 18.3 Å². The van der Waals surface area contributed by atoms with Gasteiger partial charge in [-0.2, -0.15) is 8.42 Å². The average molecular weight is 300 g/mol. The van der Waals surface area contributed by atoms with Crippen molar-refractivity contribution in [1.29, 1.82) is 0 Å². The normalized spacial score (nSPS) is 10.7. The number of hydrogen-bond acceptors (Lipinski definition) is 3. The lowest BCUT2D eigenvalue weighted by atomic mass is 10.2. The zero-order valence-corrected chi connectivity index (χ0v) is 11.4. The molecule has 1 heterocycles. The largest absolute Gasteiger partial charge is 0.394 e. The van der Waals surface area contributed by atoms with Crippen LogP contribution in [0.15, 0.2) is 41.5 Å². The molecule has 0 amide bonds. The van der Waals surface area contributed by atoms with Gasteiger partial charge in [0, 0.05) is 18.3 Å². The van der Waals surface area contributed by atoms with Gasteiger partial charge in [0.25, 0.3) is 0 Å². The number of fused-ring (bicyclic) bond motifs is 1. The number of aromatic nitrogens is 1. The summed E-state index contributed by atoms with van der Waals surface area (Å²) in [5, 5.41) is 1.24. The van der Waals surface area contributed by atoms with Crippen molar-refractivity contribution >= 4 is 27.3 Å². The average Bonchev–Trinajstić information content (AvgIpc) is 2.70. The number of hydrogen-bond donors (Lipinski definition) is 4. The molecule has 0 unspecified atom stereocenters. The predicted octanol–water partition coefficient (Wildman–Crippen LogP) is 0.262. The first-order valence-electron chi connectivity index (χ1n) is 5.56. The van der Waals surface area contributed by atoms with E-state index < -0.39 is 10.4 Å². The summed E-state index contributed by atoms with van der Waals surface area (Å²) >= 11 is 0. The first-order chi connectivity index (χ1) is 9.27. The molecule has 0 bridgehead atoms. The molecule has 9 heteroatoms. The molecular weight excluding hydrogens is 284 g/mol. The molecule has 0 saturated heterocycles. The predicted molar refractivity (Wildman–Crippen MR) is 76.8 cm³/mol. The molecule has 1 aromatic heterocycles. The van der Waals surface area contributed by atoms with Crippen molar-refractivity contribution in [3.63, 3.8) is 0 Å². The minimum absolute atomic E-state index is 0.145. The van der Waals surface area contributed by atoms with Gasteiger partial charge in [-0.1, -0.05) is 18.2 Å². The molecule has 8 nitrogen and oxygen atoms in total. The van der Waals surface area contributed by atoms with Crippen LogP contribution in [0.25, 0.3) is 10.9 Å². The molecule has 0 aliphatic heterocycles. The summed E-state index contributed by atoms with van der Waals surface area (Å²) in [7, 11) is -4.67. The number of rotatable bonds is 3. The Balaban J connectivity index is 0.000000347. The fourth-order valence-corrected chi connectivity index (χ4v) is 1.62. The number of benzene rings is 1. The summed E-state index contributed by atoms with van der Waals surface area (Å²) in [5.74, 6) is 0.145. The Morgan fingerprint density at radius 1 is 1.20 bits per heavy atom. The van der Waals surface area contributed by atoms with Crippen LogP contribution in [0, 0.1) is 0 Å². The van der Waals surface area contributed by atoms with Gasteiger partial charge in [0.1, 0.15) is 0 Å². The van der Waals surface area contributed by atoms with Gasteiger partial charge in [0.15, 0.2) is 5.96 Å². The fraction of sp³-hybridized carbons (Fsp3) is 0.182. The highest BCUT2D eigenvalue weighted by atomic mass is 32.3. The molecule has 2 aromatic rings. The van der Waals surface area contributed by atoms with Gasteiger partial charge in [0.2, 0.25) is 0 Å². The topological polar surface area (TPSA) is 144 Å². The van der Waals surface area contributed by atoms with E-state index in [0.717, 1.165) is 6.54 Å². The fourth-order valence-electron chi connectivity index (χ4n) is 1.62. The van der Waals surface area contributed by atoms with Crippen LogP contribution >= 0.6 is 0 Å². The van der Waals surface area contributed by atoms with E-state index in [1.54, 1.807) is 0 Å². The monoisotopic (exact) mass is 300 g/mol. The minimum Gasteiger partial charge on any atom is -0.370 e. The Hall–Kier alpha value is -2.10. The standard InChI is InChI=1S/C11H14N4.H2O4S/c12-11(13)14-6-8-15-7-5-9-3-1-2-4-10(9)15;1-5(2,3)4/h1-5,7H,6,8H2,(H4,12,13,14);(H2,1,2,3,4). The lowest BCUT2D eigenvalue weighted by Crippen LogP contribution is -2.23. The summed E-state index contributed by atoms with van der Waals surface area (Å²) in [4.78, 5) is 3.96. The van der Waals surface area contributed by atoms with E-state index in [-0.39, 0.29) is 5.96 Å². The van der Waals surface area contributed by atoms with E-state index in [4.69, 9.17) is 29.0 Å². The maximum absolute atomic E-state index is 8.74. The van der Waals surface area contributed by atoms with Crippen LogP contribution in [0.5, 0.6) is 0 Å². The van der Waals surface area contributed by atoms with Gasteiger partial charge >= 0.3 is 10.4 Å². The van der Waals surface area contributed by atoms with Crippen molar-refractivity contribution in [3.8, 4) is 0 Å². The van der Waals surface area contributed by atoms with E-state index in [2.05, 4.69) is 27.8 Å². The third kappa shape index (κ3) is 6.18. The summed E-state index contributed by atoms with van der Waals surface area (Å²) in [6.07, 6.45) is 2.05. The van der Waals surface area contributed by atoms with Crippen LogP contribution < -0.4 is 11.5 Å². The van der Waals surface area contributed by atoms with Crippen LogP contribution in [-0.2, 0) is 16.9 Å². The summed E-state index contributed by atoms with van der Waals surface area (Å²) in [6, 6.07) is 10.3. The zero-order valence-electron chi connectivity index (χ0n) is 10.5. The number of guanidine groups is 1. The van der Waals surface area contributed by atoms with Crippen molar-refractivity contribution in [2.75, 3.05) is 6.54 Å². The molecule has 0 fully saturated rings. The van der Waals surface area contributed by atoms with Gasteiger partial charge < -0.3 is 16.0 Å². The molecule has 0 radical (unpaired) electrons. The molecule has 110 valence electrons. The zero-order chi connectivity index (χ0) is 15.2. The quantitative estimate of drug-likeness (QED) is 0.363. The van der Waals surface area contributed by atoms with Crippen LogP contribution in [0.3, 0.4) is 0 Å². The van der Waals surface area contributed by atoms with Crippen molar-refractivity contribution in [2.45, 2.75) is 6.54 Å². The summed E-state index contributed by atoms with van der Waals surface area (Å²) in [6.45, 7) is 1.41. The Labute approximate surface area is 116 Å². The third-order valence-electron chi connectivity index (χ3n) is 2.32. The Morgan fingerprint density at radius 2 is 1.80 bits per heavy atom. The number of aliphatic imine (C=N–C) groups is 1. The van der Waals surface area contributed by atoms with Crippen molar-refractivity contribution < 1.29 is 17.5 Å². The summed E-state index contributed by atoms with van der Waals surface area (Å²) in [5.41, 5.74) is 11.7. The SMILES string of the molecule is NC(N)=NCCn1ccc2ccccc21.O=S(=O)(O)O. The van der Waals surface area contributed by atoms with E-state index >= 15 is 0 Å². The smallest absolute Gasteiger partial charge is 0.370 e. The molecular formula is C11H16N4O4S. The first-order valence-corrected chi connectivity index (χ1v) is 6.96. The van der Waals surface area contributed by atoms with Gasteiger partial charge in [-0.3, -0.25) is 14.1 Å². The molecule has 2 rings (SSSR count). The Morgan fingerprint density at radius 3 is 2.40 bits per heavy atom. The lowest BCUT2D eigenvalue weighted by Gasteiger charge is -2.02. The number of nitrogens with two attached hydrogens (primary N) is 2. The molecule has 20 heavy (non-hydrogen) atoms. The van der Waals surface area contributed by atoms with Crippen LogP contribution in [0.4, 0.5) is 0 Å². The van der Waals surface area contributed by atoms with E-state index in [9.17, 15) is 0 Å². The highest BCUT2D eigenvalue weighted by Crippen LogP contribution is 2.14. The Kier molecular flexibility index (Phi) is 5.50. The van der Waals surface area contributed by atoms with Crippen molar-refractivity contribution in [3.05, 3.63) is 36.5 Å². The van der Waals surface area contributed by atoms with Gasteiger partial charge in [0.05, 0.1) is 6.54 Å². The second-order valence-corrected chi connectivity index (χ2v) is 4.72. The van der Waals surface area contributed by atoms with Crippen LogP contribution in [0.2, 0.25) is 0 Å². The first kappa shape index (κ1) is 16.0. The van der Waals surface area contributed by atoms with Gasteiger partial charge in [-0.25, -0.2) is 0 Å². The van der Waals surface area contributed by atoms with Gasteiger partial charge in [-0.05, 0) is 17.5 Å². The van der Waals surface area contributed by atoms with E-state index in [1.165, 1.54) is 10.9 Å². The van der Waals surface area contributed by atoms with Crippen molar-refractivity contribution in [2.24, 2.45) is 16.5 Å². The number of para-hydroxylation sites is 1. The minimum atomic E-state index is -4.67. The highest BCUT2D eigenvalue weighted by Gasteiger charge is 1.98. The Bertz CT molecular complexity index is 681. The molecule has 0 spiro atoms. The third-order valence-corrected chi connectivity index (χ3v) is 2.32. The van der Waals surface area contributed by atoms with Crippen molar-refractivity contribution in [1.82, 2.24) is 4.57 Å². The molecule has 0 aliphatic carbocycles. The van der Waals surface area contributed by atoms with Crippen LogP contribution in [0.1, 0.15) is 0 Å². The molecule has 6 N–H and O–H groups in total. The second kappa shape index (κ2) is 6.89.